The van der Waals surface area contributed by atoms with Crippen molar-refractivity contribution in [3.63, 3.8) is 0 Å². The highest BCUT2D eigenvalue weighted by molar-refractivity contribution is 8.77. The maximum atomic E-state index is 2.32. The van der Waals surface area contributed by atoms with Crippen LogP contribution in [0, 0.1) is 13.8 Å². The van der Waals surface area contributed by atoms with E-state index in [2.05, 4.69) is 50.2 Å². The Hall–Kier alpha value is -0.940. The molecule has 3 heterocycles. The van der Waals surface area contributed by atoms with Crippen LogP contribution in [-0.4, -0.2) is 0 Å². The van der Waals surface area contributed by atoms with Gasteiger partial charge in [-0.05, 0) is 37.1 Å². The summed E-state index contributed by atoms with van der Waals surface area (Å²) in [5.41, 5.74) is 2.69. The zero-order chi connectivity index (χ0) is 14.8. The van der Waals surface area contributed by atoms with Gasteiger partial charge in [-0.1, -0.05) is 45.9 Å². The van der Waals surface area contributed by atoms with E-state index in [4.69, 9.17) is 0 Å². The van der Waals surface area contributed by atoms with E-state index in [1.807, 2.05) is 44.3 Å². The van der Waals surface area contributed by atoms with Crippen LogP contribution >= 0.6 is 44.3 Å². The lowest BCUT2D eigenvalue weighted by molar-refractivity contribution is 1.50. The van der Waals surface area contributed by atoms with Gasteiger partial charge in [0.1, 0.15) is 0 Å². The molecule has 0 spiro atoms. The van der Waals surface area contributed by atoms with E-state index in [-0.39, 0.29) is 0 Å². The Balaban J connectivity index is 1.86. The minimum absolute atomic E-state index is 1.34. The van der Waals surface area contributed by atoms with Crippen LogP contribution in [0.25, 0.3) is 29.9 Å². The van der Waals surface area contributed by atoms with Crippen LogP contribution in [0.2, 0.25) is 0 Å². The fraction of sp³-hybridized carbons (Fsp3) is 0.111. The highest BCUT2D eigenvalue weighted by Crippen LogP contribution is 2.61. The highest BCUT2D eigenvalue weighted by atomic mass is 33.1. The van der Waals surface area contributed by atoms with Crippen molar-refractivity contribution in [1.82, 2.24) is 0 Å². The van der Waals surface area contributed by atoms with Crippen molar-refractivity contribution in [2.24, 2.45) is 0 Å². The van der Waals surface area contributed by atoms with Gasteiger partial charge in [0, 0.05) is 30.0 Å². The second-order valence-corrected chi connectivity index (χ2v) is 9.94. The van der Waals surface area contributed by atoms with Gasteiger partial charge in [-0.2, -0.15) is 0 Å². The van der Waals surface area contributed by atoms with Gasteiger partial charge in [-0.3, -0.25) is 0 Å². The smallest absolute Gasteiger partial charge is 0.0612 e. The second-order valence-electron chi connectivity index (χ2n) is 5.69. The predicted octanol–water partition coefficient (Wildman–Crippen LogP) is 7.51. The van der Waals surface area contributed by atoms with Crippen LogP contribution < -0.4 is 0 Å². The molecule has 0 amide bonds. The molecule has 22 heavy (non-hydrogen) atoms. The van der Waals surface area contributed by atoms with Crippen molar-refractivity contribution in [1.29, 1.82) is 0 Å². The second kappa shape index (κ2) is 4.78. The zero-order valence-corrected chi connectivity index (χ0v) is 15.4. The van der Waals surface area contributed by atoms with Gasteiger partial charge < -0.3 is 0 Å². The van der Waals surface area contributed by atoms with Crippen molar-refractivity contribution < 1.29 is 0 Å². The topological polar surface area (TPSA) is 0 Å². The summed E-state index contributed by atoms with van der Waals surface area (Å²) in [5.74, 6) is 0. The number of benzene rings is 2. The lowest BCUT2D eigenvalue weighted by atomic mass is 10.1. The number of fused-ring (bicyclic) bond motifs is 7. The van der Waals surface area contributed by atoms with Crippen molar-refractivity contribution in [2.75, 3.05) is 0 Å². The fourth-order valence-electron chi connectivity index (χ4n) is 2.91. The molecule has 2 aromatic heterocycles. The van der Waals surface area contributed by atoms with Gasteiger partial charge >= 0.3 is 0 Å². The third-order valence-electron chi connectivity index (χ3n) is 4.01. The standard InChI is InChI=1S/C18H12S4/c1-9-3-5-11-13(7-9)19-17-15(11)21-22-16-12-6-4-10(2)8-14(12)20-18(16)17/h3-8H,1-2H3. The summed E-state index contributed by atoms with van der Waals surface area (Å²) in [6.07, 6.45) is 0. The zero-order valence-electron chi connectivity index (χ0n) is 12.1. The molecule has 1 aliphatic rings. The Morgan fingerprint density at radius 3 is 1.55 bits per heavy atom. The lowest BCUT2D eigenvalue weighted by Gasteiger charge is -2.10. The maximum Gasteiger partial charge on any atom is 0.0612 e. The SMILES string of the molecule is Cc1ccc2c3c(sc2c1)-c1sc2cc(C)ccc2c1SS3. The van der Waals surface area contributed by atoms with Crippen molar-refractivity contribution >= 4 is 64.4 Å². The van der Waals surface area contributed by atoms with Gasteiger partial charge in [0.2, 0.25) is 0 Å². The minimum Gasteiger partial charge on any atom is -0.133 e. The summed E-state index contributed by atoms with van der Waals surface area (Å²) in [4.78, 5) is 5.86. The van der Waals surface area contributed by atoms with Crippen molar-refractivity contribution in [2.45, 2.75) is 23.6 Å². The first-order chi connectivity index (χ1) is 10.7. The molecule has 0 aliphatic carbocycles. The van der Waals surface area contributed by atoms with Gasteiger partial charge in [-0.25, -0.2) is 0 Å². The lowest BCUT2D eigenvalue weighted by Crippen LogP contribution is -1.79. The molecule has 0 atom stereocenters. The van der Waals surface area contributed by atoms with Crippen LogP contribution in [0.4, 0.5) is 0 Å². The van der Waals surface area contributed by atoms with Crippen LogP contribution in [0.3, 0.4) is 0 Å². The number of aryl methyl sites for hydroxylation is 2. The van der Waals surface area contributed by atoms with Crippen LogP contribution in [-0.2, 0) is 0 Å². The Morgan fingerprint density at radius 2 is 1.09 bits per heavy atom. The van der Waals surface area contributed by atoms with E-state index >= 15 is 0 Å². The Kier molecular flexibility index (Phi) is 2.93. The molecule has 0 unspecified atom stereocenters. The molecule has 0 fully saturated rings. The van der Waals surface area contributed by atoms with E-state index < -0.39 is 0 Å². The molecule has 1 aliphatic heterocycles. The first-order valence-electron chi connectivity index (χ1n) is 7.12. The number of thiophene rings is 2. The van der Waals surface area contributed by atoms with E-state index in [1.54, 1.807) is 0 Å². The summed E-state index contributed by atoms with van der Waals surface area (Å²) < 4.78 is 2.83. The summed E-state index contributed by atoms with van der Waals surface area (Å²) in [7, 11) is 3.86. The Morgan fingerprint density at radius 1 is 0.636 bits per heavy atom. The van der Waals surface area contributed by atoms with Crippen LogP contribution in [0.15, 0.2) is 46.2 Å². The molecule has 108 valence electrons. The summed E-state index contributed by atoms with van der Waals surface area (Å²) in [6, 6.07) is 13.7. The van der Waals surface area contributed by atoms with Crippen molar-refractivity contribution in [3.8, 4) is 9.75 Å². The van der Waals surface area contributed by atoms with Gasteiger partial charge in [-0.15, -0.1) is 22.7 Å². The number of hydrogen-bond acceptors (Lipinski definition) is 4. The van der Waals surface area contributed by atoms with E-state index in [9.17, 15) is 0 Å². The molecule has 0 radical (unpaired) electrons. The minimum atomic E-state index is 1.34. The van der Waals surface area contributed by atoms with Gasteiger partial charge in [0.25, 0.3) is 0 Å². The van der Waals surface area contributed by atoms with Crippen LogP contribution in [0.5, 0.6) is 0 Å². The molecule has 4 aromatic rings. The quantitative estimate of drug-likeness (QED) is 0.299. The summed E-state index contributed by atoms with van der Waals surface area (Å²) in [6.45, 7) is 4.35. The molecule has 4 heteroatoms. The summed E-state index contributed by atoms with van der Waals surface area (Å²) >= 11 is 3.90. The van der Waals surface area contributed by atoms with Crippen LogP contribution in [0.1, 0.15) is 11.1 Å². The molecule has 0 bridgehead atoms. The number of rotatable bonds is 0. The number of hydrogen-bond donors (Lipinski definition) is 0. The predicted molar refractivity (Wildman–Crippen MR) is 104 cm³/mol. The first-order valence-corrected chi connectivity index (χ1v) is 10.9. The van der Waals surface area contributed by atoms with E-state index in [1.165, 1.54) is 50.8 Å². The van der Waals surface area contributed by atoms with Gasteiger partial charge in [0.05, 0.1) is 9.75 Å². The third kappa shape index (κ3) is 1.84. The maximum absolute atomic E-state index is 2.32. The monoisotopic (exact) mass is 356 g/mol. The molecule has 2 aromatic carbocycles. The largest absolute Gasteiger partial charge is 0.133 e. The fourth-order valence-corrected chi connectivity index (χ4v) is 9.11. The first kappa shape index (κ1) is 13.5. The van der Waals surface area contributed by atoms with E-state index in [0.29, 0.717) is 0 Å². The molecule has 0 saturated carbocycles. The molecule has 0 saturated heterocycles. The molecule has 5 rings (SSSR count). The molecule has 0 nitrogen and oxygen atoms in total. The highest BCUT2D eigenvalue weighted by Gasteiger charge is 2.26. The molecule has 0 N–H and O–H groups in total. The van der Waals surface area contributed by atoms with E-state index in [0.717, 1.165) is 0 Å². The average molecular weight is 357 g/mol. The molecular formula is C18H12S4. The third-order valence-corrected chi connectivity index (χ3v) is 9.26. The summed E-state index contributed by atoms with van der Waals surface area (Å²) in [5, 5.41) is 2.84. The Bertz CT molecular complexity index is 966. The van der Waals surface area contributed by atoms with Gasteiger partial charge in [0.15, 0.2) is 0 Å². The molecular weight excluding hydrogens is 344 g/mol. The Labute approximate surface area is 145 Å². The average Bonchev–Trinajstić information content (AvgIpc) is 3.03. The van der Waals surface area contributed by atoms with Crippen molar-refractivity contribution in [3.05, 3.63) is 47.5 Å². The normalized spacial score (nSPS) is 13.5.